The average molecular weight is 481 g/mol. The van der Waals surface area contributed by atoms with E-state index < -0.39 is 8.38 Å². The van der Waals surface area contributed by atoms with Crippen molar-refractivity contribution in [3.8, 4) is 0 Å². The fourth-order valence-corrected chi connectivity index (χ4v) is 10.0. The van der Waals surface area contributed by atoms with Crippen LogP contribution in [-0.2, 0) is 9.05 Å². The highest BCUT2D eigenvalue weighted by Gasteiger charge is 2.44. The molecule has 0 heterocycles. The lowest BCUT2D eigenvalue weighted by molar-refractivity contribution is 0.00468. The molecule has 0 radical (unpaired) electrons. The van der Waals surface area contributed by atoms with Crippen LogP contribution in [0.25, 0.3) is 0 Å². The summed E-state index contributed by atoms with van der Waals surface area (Å²) in [5.41, 5.74) is 0.610. The summed E-state index contributed by atoms with van der Waals surface area (Å²) in [5, 5.41) is 0. The second kappa shape index (κ2) is 12.5. The molecule has 33 heavy (non-hydrogen) atoms. The van der Waals surface area contributed by atoms with Gasteiger partial charge in [0.25, 0.3) is 0 Å². The lowest BCUT2D eigenvalue weighted by atomic mass is 9.75. The van der Waals surface area contributed by atoms with Crippen LogP contribution in [0.1, 0.15) is 120 Å². The first-order valence-electron chi connectivity index (χ1n) is 14.7. The summed E-state index contributed by atoms with van der Waals surface area (Å²) >= 11 is 0. The predicted octanol–water partition coefficient (Wildman–Crippen LogP) is 9.71. The highest BCUT2D eigenvalue weighted by molar-refractivity contribution is 7.48. The van der Waals surface area contributed by atoms with Gasteiger partial charge in [-0.2, -0.15) is 0 Å². The molecule has 3 heteroatoms. The average Bonchev–Trinajstić information content (AvgIpc) is 2.72. The fraction of sp³-hybridized carbons (Fsp3) is 1.00. The molecule has 0 saturated heterocycles. The van der Waals surface area contributed by atoms with Crippen molar-refractivity contribution in [3.05, 3.63) is 0 Å². The molecule has 0 N–H and O–H groups in total. The Kier molecular flexibility index (Phi) is 10.6. The minimum atomic E-state index is -0.864. The Morgan fingerprint density at radius 1 is 0.515 bits per heavy atom. The van der Waals surface area contributed by atoms with Crippen molar-refractivity contribution in [1.82, 2.24) is 0 Å². The number of rotatable bonds is 8. The molecule has 9 atom stereocenters. The summed E-state index contributed by atoms with van der Waals surface area (Å²) in [6.07, 6.45) is 12.7. The molecule has 2 nitrogen and oxygen atoms in total. The standard InChI is InChI=1S/C30H57O2P/c1-19(2)25-13-10-22(7)16-28(25)31-33(30-18-24(9)12-15-27(30)21(5)6)32-29-17-23(8)11-14-26(29)20(3)4/h19-30H,10-18H2,1-9H3. The Balaban J connectivity index is 1.87. The Hall–Kier alpha value is 0.350. The van der Waals surface area contributed by atoms with E-state index >= 15 is 0 Å². The Bertz CT molecular complexity index is 542. The van der Waals surface area contributed by atoms with Gasteiger partial charge in [-0.15, -0.1) is 0 Å². The van der Waals surface area contributed by atoms with Gasteiger partial charge in [0.15, 0.2) is 8.38 Å². The normalized spacial score (nSPS) is 41.6. The summed E-state index contributed by atoms with van der Waals surface area (Å²) in [6.45, 7) is 21.9. The van der Waals surface area contributed by atoms with Crippen molar-refractivity contribution >= 4 is 8.38 Å². The molecule has 3 fully saturated rings. The third-order valence-electron chi connectivity index (χ3n) is 9.66. The summed E-state index contributed by atoms with van der Waals surface area (Å²) in [6, 6.07) is 0. The van der Waals surface area contributed by atoms with Crippen LogP contribution in [0.5, 0.6) is 0 Å². The molecule has 3 aliphatic rings. The molecular formula is C30H57O2P. The molecule has 0 aromatic rings. The molecule has 194 valence electrons. The van der Waals surface area contributed by atoms with E-state index in [4.69, 9.17) is 9.05 Å². The van der Waals surface area contributed by atoms with Gasteiger partial charge in [-0.25, -0.2) is 0 Å². The van der Waals surface area contributed by atoms with Crippen LogP contribution in [0.3, 0.4) is 0 Å². The van der Waals surface area contributed by atoms with E-state index in [1.165, 1.54) is 57.8 Å². The Morgan fingerprint density at radius 3 is 1.27 bits per heavy atom. The van der Waals surface area contributed by atoms with E-state index in [2.05, 4.69) is 62.3 Å². The maximum atomic E-state index is 7.31. The van der Waals surface area contributed by atoms with Crippen LogP contribution < -0.4 is 0 Å². The number of hydrogen-bond donors (Lipinski definition) is 0. The summed E-state index contributed by atoms with van der Waals surface area (Å²) in [7, 11) is -0.864. The van der Waals surface area contributed by atoms with Crippen LogP contribution in [0.4, 0.5) is 0 Å². The molecular weight excluding hydrogens is 423 g/mol. The van der Waals surface area contributed by atoms with Crippen molar-refractivity contribution in [3.63, 3.8) is 0 Å². The SMILES string of the molecule is CC1CCC(C(C)C)C(OP(OC2CC(C)CCC2C(C)C)C2CC(C)CCC2C(C)C)C1. The topological polar surface area (TPSA) is 18.5 Å². The highest BCUT2D eigenvalue weighted by atomic mass is 31.2. The highest BCUT2D eigenvalue weighted by Crippen LogP contribution is 2.59. The molecule has 0 aromatic heterocycles. The molecule has 3 saturated carbocycles. The third kappa shape index (κ3) is 7.43. The fourth-order valence-electron chi connectivity index (χ4n) is 7.31. The van der Waals surface area contributed by atoms with Crippen molar-refractivity contribution in [2.45, 2.75) is 138 Å². The van der Waals surface area contributed by atoms with Crippen molar-refractivity contribution in [2.24, 2.45) is 53.3 Å². The molecule has 9 unspecified atom stereocenters. The van der Waals surface area contributed by atoms with Gasteiger partial charge in [0.05, 0.1) is 12.2 Å². The van der Waals surface area contributed by atoms with Gasteiger partial charge in [-0.3, -0.25) is 0 Å². The van der Waals surface area contributed by atoms with Gasteiger partial charge in [-0.05, 0) is 91.8 Å². The second-order valence-electron chi connectivity index (χ2n) is 13.6. The lowest BCUT2D eigenvalue weighted by Gasteiger charge is -2.47. The van der Waals surface area contributed by atoms with E-state index in [1.54, 1.807) is 0 Å². The molecule has 0 amide bonds. The van der Waals surface area contributed by atoms with E-state index in [9.17, 15) is 0 Å². The molecule has 0 aromatic carbocycles. The quantitative estimate of drug-likeness (QED) is 0.322. The summed E-state index contributed by atoms with van der Waals surface area (Å²) in [5.74, 6) is 6.63. The van der Waals surface area contributed by atoms with Gasteiger partial charge >= 0.3 is 0 Å². The van der Waals surface area contributed by atoms with E-state index in [0.29, 0.717) is 41.5 Å². The minimum Gasteiger partial charge on any atom is -0.330 e. The zero-order valence-corrected chi connectivity index (χ0v) is 24.5. The van der Waals surface area contributed by atoms with E-state index in [-0.39, 0.29) is 0 Å². The molecule has 3 aliphatic carbocycles. The maximum absolute atomic E-state index is 7.31. The maximum Gasteiger partial charge on any atom is 0.174 e. The molecule has 3 rings (SSSR count). The van der Waals surface area contributed by atoms with Gasteiger partial charge in [0, 0.05) is 5.66 Å². The van der Waals surface area contributed by atoms with Gasteiger partial charge in [0.1, 0.15) is 0 Å². The number of hydrogen-bond acceptors (Lipinski definition) is 2. The van der Waals surface area contributed by atoms with Crippen LogP contribution in [0.2, 0.25) is 0 Å². The van der Waals surface area contributed by atoms with Crippen LogP contribution in [0, 0.1) is 53.3 Å². The monoisotopic (exact) mass is 480 g/mol. The Labute approximate surface area is 208 Å². The van der Waals surface area contributed by atoms with Crippen molar-refractivity contribution < 1.29 is 9.05 Å². The minimum absolute atomic E-state index is 0.392. The van der Waals surface area contributed by atoms with Crippen LogP contribution in [-0.4, -0.2) is 17.9 Å². The molecule has 0 bridgehead atoms. The van der Waals surface area contributed by atoms with E-state index in [1.807, 2.05) is 0 Å². The molecule has 0 spiro atoms. The van der Waals surface area contributed by atoms with Crippen molar-refractivity contribution in [1.29, 1.82) is 0 Å². The first kappa shape index (κ1) is 27.9. The van der Waals surface area contributed by atoms with Crippen LogP contribution in [0.15, 0.2) is 0 Å². The Morgan fingerprint density at radius 2 is 0.879 bits per heavy atom. The molecule has 0 aliphatic heterocycles. The first-order valence-corrected chi connectivity index (χ1v) is 15.9. The third-order valence-corrected chi connectivity index (χ3v) is 11.8. The second-order valence-corrected chi connectivity index (χ2v) is 15.3. The zero-order chi connectivity index (χ0) is 24.3. The zero-order valence-electron chi connectivity index (χ0n) is 23.6. The predicted molar refractivity (Wildman–Crippen MR) is 144 cm³/mol. The summed E-state index contributed by atoms with van der Waals surface area (Å²) in [4.78, 5) is 0. The van der Waals surface area contributed by atoms with Gasteiger partial charge < -0.3 is 9.05 Å². The smallest absolute Gasteiger partial charge is 0.174 e. The largest absolute Gasteiger partial charge is 0.330 e. The van der Waals surface area contributed by atoms with E-state index in [0.717, 1.165) is 29.6 Å². The van der Waals surface area contributed by atoms with Gasteiger partial charge in [0.2, 0.25) is 0 Å². The first-order chi connectivity index (χ1) is 15.6. The van der Waals surface area contributed by atoms with Crippen LogP contribution >= 0.6 is 8.38 Å². The summed E-state index contributed by atoms with van der Waals surface area (Å²) < 4.78 is 14.6. The lowest BCUT2D eigenvalue weighted by Crippen LogP contribution is -2.39. The van der Waals surface area contributed by atoms with Gasteiger partial charge in [-0.1, -0.05) is 81.6 Å². The van der Waals surface area contributed by atoms with Crippen molar-refractivity contribution in [2.75, 3.05) is 0 Å².